The van der Waals surface area contributed by atoms with Crippen molar-refractivity contribution in [3.05, 3.63) is 51.2 Å². The van der Waals surface area contributed by atoms with Crippen LogP contribution in [0.15, 0.2) is 41.3 Å². The summed E-state index contributed by atoms with van der Waals surface area (Å²) in [6.07, 6.45) is 0. The molecule has 2 nitrogen and oxygen atoms in total. The number of benzene rings is 1. The molecule has 20 heavy (non-hydrogen) atoms. The first-order valence-electron chi connectivity index (χ1n) is 6.24. The van der Waals surface area contributed by atoms with E-state index in [1.54, 1.807) is 12.1 Å². The number of carbonyl (C=O) groups is 1. The predicted octanol–water partition coefficient (Wildman–Crippen LogP) is 4.52. The number of hydrogen-bond donors (Lipinski definition) is 0. The van der Waals surface area contributed by atoms with Gasteiger partial charge >= 0.3 is 0 Å². The summed E-state index contributed by atoms with van der Waals surface area (Å²) >= 11 is 7.02. The summed E-state index contributed by atoms with van der Waals surface area (Å²) in [6.45, 7) is 4.21. The molecule has 2 aromatic rings. The minimum Gasteiger partial charge on any atom is -0.292 e. The van der Waals surface area contributed by atoms with Gasteiger partial charge in [0.25, 0.3) is 0 Å². The van der Waals surface area contributed by atoms with Gasteiger partial charge in [-0.15, -0.1) is 11.3 Å². The van der Waals surface area contributed by atoms with Gasteiger partial charge in [-0.2, -0.15) is 0 Å². The molecule has 2 rings (SSSR count). The Balaban J connectivity index is 2.06. The minimum atomic E-state index is -1.31. The summed E-state index contributed by atoms with van der Waals surface area (Å²) in [5.74, 6) is 0.304. The lowest BCUT2D eigenvalue weighted by Gasteiger charge is -2.06. The number of halogens is 1. The van der Waals surface area contributed by atoms with E-state index in [9.17, 15) is 9.00 Å². The molecule has 1 heterocycles. The van der Waals surface area contributed by atoms with Crippen molar-refractivity contribution in [3.63, 3.8) is 0 Å². The third-order valence-corrected chi connectivity index (χ3v) is 5.51. The van der Waals surface area contributed by atoms with Crippen LogP contribution in [0.1, 0.15) is 35.0 Å². The largest absolute Gasteiger partial charge is 0.292 e. The lowest BCUT2D eigenvalue weighted by Crippen LogP contribution is -2.09. The number of Topliss-reactive ketones (excluding diaryl/α,β-unsaturated/α-hetero) is 1. The molecule has 0 radical (unpaired) electrons. The maximum Gasteiger partial charge on any atom is 0.185 e. The van der Waals surface area contributed by atoms with Crippen LogP contribution in [0.5, 0.6) is 0 Å². The van der Waals surface area contributed by atoms with Crippen LogP contribution in [-0.2, 0) is 10.8 Å². The van der Waals surface area contributed by atoms with E-state index in [-0.39, 0.29) is 11.5 Å². The smallest absolute Gasteiger partial charge is 0.185 e. The molecule has 1 unspecified atom stereocenters. The molecule has 0 aliphatic carbocycles. The van der Waals surface area contributed by atoms with E-state index in [2.05, 4.69) is 13.8 Å². The van der Waals surface area contributed by atoms with Gasteiger partial charge in [0.2, 0.25) is 0 Å². The van der Waals surface area contributed by atoms with Crippen LogP contribution in [0.25, 0.3) is 0 Å². The van der Waals surface area contributed by atoms with Crippen molar-refractivity contribution in [1.29, 1.82) is 0 Å². The Morgan fingerprint density at radius 3 is 2.35 bits per heavy atom. The number of thiophene rings is 1. The van der Waals surface area contributed by atoms with Crippen molar-refractivity contribution < 1.29 is 9.00 Å². The fraction of sp³-hybridized carbons (Fsp3) is 0.267. The lowest BCUT2D eigenvalue weighted by molar-refractivity contribution is 0.102. The normalized spacial score (nSPS) is 12.6. The fourth-order valence-corrected chi connectivity index (χ4v) is 3.81. The Morgan fingerprint density at radius 2 is 1.85 bits per heavy atom. The molecule has 0 amide bonds. The zero-order valence-electron chi connectivity index (χ0n) is 11.3. The second kappa shape index (κ2) is 6.66. The van der Waals surface area contributed by atoms with E-state index in [1.807, 2.05) is 24.3 Å². The Morgan fingerprint density at radius 1 is 1.20 bits per heavy atom. The number of hydrogen-bond acceptors (Lipinski definition) is 3. The molecule has 5 heteroatoms. The van der Waals surface area contributed by atoms with E-state index in [0.29, 0.717) is 20.0 Å². The van der Waals surface area contributed by atoms with E-state index < -0.39 is 10.8 Å². The average Bonchev–Trinajstić information content (AvgIpc) is 2.85. The topological polar surface area (TPSA) is 34.1 Å². The Bertz CT molecular complexity index is 630. The Hall–Kier alpha value is -0.970. The first-order chi connectivity index (χ1) is 9.47. The Kier molecular flexibility index (Phi) is 5.13. The highest BCUT2D eigenvalue weighted by Crippen LogP contribution is 2.23. The van der Waals surface area contributed by atoms with Crippen molar-refractivity contribution in [2.24, 2.45) is 0 Å². The number of ketones is 1. The van der Waals surface area contributed by atoms with Crippen LogP contribution >= 0.6 is 22.9 Å². The van der Waals surface area contributed by atoms with Gasteiger partial charge in [0.05, 0.1) is 25.8 Å². The van der Waals surface area contributed by atoms with Gasteiger partial charge in [0.15, 0.2) is 5.78 Å². The van der Waals surface area contributed by atoms with Crippen molar-refractivity contribution in [2.75, 3.05) is 5.75 Å². The third kappa shape index (κ3) is 3.78. The molecule has 0 N–H and O–H groups in total. The molecule has 106 valence electrons. The molecule has 0 saturated carbocycles. The standard InChI is InChI=1S/C15H15ClO2S2/c1-10(2)11-3-5-12(6-4-11)20(18)9-13(17)14-7-8-15(16)19-14/h3-8,10H,9H2,1-2H3. The second-order valence-electron chi connectivity index (χ2n) is 4.74. The molecule has 1 aromatic heterocycles. The highest BCUT2D eigenvalue weighted by molar-refractivity contribution is 7.85. The van der Waals surface area contributed by atoms with Crippen LogP contribution in [0.3, 0.4) is 0 Å². The van der Waals surface area contributed by atoms with E-state index >= 15 is 0 Å². The van der Waals surface area contributed by atoms with Gasteiger partial charge in [-0.05, 0) is 35.7 Å². The second-order valence-corrected chi connectivity index (χ2v) is 7.91. The van der Waals surface area contributed by atoms with Crippen LogP contribution in [0.2, 0.25) is 4.34 Å². The molecule has 0 saturated heterocycles. The molecular weight excluding hydrogens is 312 g/mol. The lowest BCUT2D eigenvalue weighted by atomic mass is 10.0. The van der Waals surface area contributed by atoms with Crippen LogP contribution < -0.4 is 0 Å². The van der Waals surface area contributed by atoms with Gasteiger partial charge in [-0.1, -0.05) is 37.6 Å². The molecule has 1 atom stereocenters. The van der Waals surface area contributed by atoms with Gasteiger partial charge in [-0.3, -0.25) is 9.00 Å². The maximum absolute atomic E-state index is 12.2. The molecule has 0 aliphatic heterocycles. The highest BCUT2D eigenvalue weighted by Gasteiger charge is 2.14. The molecule has 1 aromatic carbocycles. The zero-order chi connectivity index (χ0) is 14.7. The summed E-state index contributed by atoms with van der Waals surface area (Å²) in [6, 6.07) is 10.9. The summed E-state index contributed by atoms with van der Waals surface area (Å²) in [7, 11) is -1.31. The van der Waals surface area contributed by atoms with Crippen LogP contribution in [0.4, 0.5) is 0 Å². The van der Waals surface area contributed by atoms with Gasteiger partial charge in [0.1, 0.15) is 0 Å². The van der Waals surface area contributed by atoms with Crippen molar-refractivity contribution >= 4 is 39.5 Å². The zero-order valence-corrected chi connectivity index (χ0v) is 13.6. The summed E-state index contributed by atoms with van der Waals surface area (Å²) < 4.78 is 12.7. The Labute approximate surface area is 130 Å². The molecule has 0 spiro atoms. The maximum atomic E-state index is 12.2. The molecule has 0 fully saturated rings. The van der Waals surface area contributed by atoms with Crippen LogP contribution in [-0.4, -0.2) is 15.7 Å². The molecule has 0 bridgehead atoms. The monoisotopic (exact) mass is 326 g/mol. The van der Waals surface area contributed by atoms with E-state index in [4.69, 9.17) is 11.6 Å². The van der Waals surface area contributed by atoms with Crippen LogP contribution in [0, 0.1) is 0 Å². The average molecular weight is 327 g/mol. The summed E-state index contributed by atoms with van der Waals surface area (Å²) in [4.78, 5) is 13.2. The van der Waals surface area contributed by atoms with Crippen molar-refractivity contribution in [3.8, 4) is 0 Å². The number of rotatable bonds is 5. The quantitative estimate of drug-likeness (QED) is 0.757. The van der Waals surface area contributed by atoms with Gasteiger partial charge in [0, 0.05) is 4.90 Å². The predicted molar refractivity (Wildman–Crippen MR) is 85.5 cm³/mol. The summed E-state index contributed by atoms with van der Waals surface area (Å²) in [5.41, 5.74) is 1.20. The van der Waals surface area contributed by atoms with Crippen molar-refractivity contribution in [1.82, 2.24) is 0 Å². The number of carbonyl (C=O) groups excluding carboxylic acids is 1. The van der Waals surface area contributed by atoms with E-state index in [0.717, 1.165) is 0 Å². The first kappa shape index (κ1) is 15.4. The third-order valence-electron chi connectivity index (χ3n) is 2.92. The van der Waals surface area contributed by atoms with Gasteiger partial charge in [-0.25, -0.2) is 0 Å². The summed E-state index contributed by atoms with van der Waals surface area (Å²) in [5, 5.41) is 0. The van der Waals surface area contributed by atoms with E-state index in [1.165, 1.54) is 16.9 Å². The minimum absolute atomic E-state index is 0.00212. The fourth-order valence-electron chi connectivity index (χ4n) is 1.74. The SMILES string of the molecule is CC(C)c1ccc(S(=O)CC(=O)c2ccc(Cl)s2)cc1. The molecular formula is C15H15ClO2S2. The van der Waals surface area contributed by atoms with Crippen molar-refractivity contribution in [2.45, 2.75) is 24.7 Å². The van der Waals surface area contributed by atoms with Gasteiger partial charge < -0.3 is 0 Å². The highest BCUT2D eigenvalue weighted by atomic mass is 35.5. The first-order valence-corrected chi connectivity index (χ1v) is 8.75. The molecule has 0 aliphatic rings.